The number of hydrogen-bond donors (Lipinski definition) is 0. The minimum Gasteiger partial charge on any atom is -0.493 e. The maximum absolute atomic E-state index is 11.3. The maximum atomic E-state index is 11.3. The van der Waals surface area contributed by atoms with Crippen LogP contribution in [0.4, 0.5) is 0 Å². The lowest BCUT2D eigenvalue weighted by Gasteiger charge is -2.14. The number of methoxy groups -OCH3 is 2. The summed E-state index contributed by atoms with van der Waals surface area (Å²) in [5.41, 5.74) is 1.21. The van der Waals surface area contributed by atoms with E-state index in [-0.39, 0.29) is 12.7 Å². The molecule has 0 saturated carbocycles. The van der Waals surface area contributed by atoms with Crippen LogP contribution in [0, 0.1) is 0 Å². The van der Waals surface area contributed by atoms with Crippen molar-refractivity contribution in [3.05, 3.63) is 35.9 Å². The van der Waals surface area contributed by atoms with Crippen molar-refractivity contribution in [2.24, 2.45) is 0 Å². The molecule has 0 amide bonds. The molecule has 1 aromatic rings. The van der Waals surface area contributed by atoms with Crippen LogP contribution in [0.5, 0.6) is 17.2 Å². The summed E-state index contributed by atoms with van der Waals surface area (Å²) < 4.78 is 26.6. The van der Waals surface area contributed by atoms with Crippen molar-refractivity contribution in [2.45, 2.75) is 13.0 Å². The van der Waals surface area contributed by atoms with E-state index in [1.54, 1.807) is 27.2 Å². The highest BCUT2D eigenvalue weighted by molar-refractivity contribution is 5.87. The molecule has 6 heteroatoms. The lowest BCUT2D eigenvalue weighted by atomic mass is 10.1. The quantitative estimate of drug-likeness (QED) is 0.393. The number of carbonyl (C=O) groups excluding carboxylic acids is 1. The van der Waals surface area contributed by atoms with Crippen LogP contribution in [0.15, 0.2) is 30.4 Å². The fraction of sp³-hybridized carbons (Fsp3) is 0.389. The highest BCUT2D eigenvalue weighted by atomic mass is 16.6. The Hall–Kier alpha value is -2.47. The van der Waals surface area contributed by atoms with Crippen LogP contribution in [0.3, 0.4) is 0 Å². The molecular weight excluding hydrogens is 312 g/mol. The highest BCUT2D eigenvalue weighted by Gasteiger charge is 2.25. The van der Waals surface area contributed by atoms with Gasteiger partial charge in [-0.1, -0.05) is 12.7 Å². The summed E-state index contributed by atoms with van der Waals surface area (Å²) in [5.74, 6) is 1.25. The molecule has 6 nitrogen and oxygen atoms in total. The largest absolute Gasteiger partial charge is 0.493 e. The standard InChI is InChI=1S/C18H22O6/c1-12(2)18(19)22-7-5-6-13-8-15(20-3)17(16(9-13)21-4)24-11-14-10-23-14/h5-6,8-9,14H,1,7,10-11H2,2-4H3/b6-5+. The molecule has 1 saturated heterocycles. The van der Waals surface area contributed by atoms with Crippen molar-refractivity contribution in [1.82, 2.24) is 0 Å². The number of benzene rings is 1. The number of epoxide rings is 1. The zero-order chi connectivity index (χ0) is 17.5. The summed E-state index contributed by atoms with van der Waals surface area (Å²) in [6.07, 6.45) is 3.68. The molecule has 0 N–H and O–H groups in total. The Morgan fingerprint density at radius 2 is 1.96 bits per heavy atom. The number of esters is 1. The molecule has 0 radical (unpaired) electrons. The molecule has 24 heavy (non-hydrogen) atoms. The van der Waals surface area contributed by atoms with E-state index in [4.69, 9.17) is 23.7 Å². The Balaban J connectivity index is 2.06. The van der Waals surface area contributed by atoms with Gasteiger partial charge in [0.15, 0.2) is 11.5 Å². The lowest BCUT2D eigenvalue weighted by Crippen LogP contribution is -2.06. The highest BCUT2D eigenvalue weighted by Crippen LogP contribution is 2.39. The summed E-state index contributed by atoms with van der Waals surface area (Å²) in [6.45, 7) is 6.47. The first-order valence-electron chi connectivity index (χ1n) is 7.54. The van der Waals surface area contributed by atoms with Gasteiger partial charge in [-0.25, -0.2) is 4.79 Å². The smallest absolute Gasteiger partial charge is 0.333 e. The van der Waals surface area contributed by atoms with Crippen LogP contribution < -0.4 is 14.2 Å². The third kappa shape index (κ3) is 5.03. The van der Waals surface area contributed by atoms with Crippen molar-refractivity contribution < 1.29 is 28.5 Å². The normalized spacial score (nSPS) is 15.9. The molecule has 0 spiro atoms. The minimum atomic E-state index is -0.416. The Bertz CT molecular complexity index is 605. The van der Waals surface area contributed by atoms with E-state index in [2.05, 4.69) is 6.58 Å². The van der Waals surface area contributed by atoms with Gasteiger partial charge in [0.05, 0.1) is 20.8 Å². The Morgan fingerprint density at radius 3 is 2.46 bits per heavy atom. The van der Waals surface area contributed by atoms with Gasteiger partial charge in [-0.15, -0.1) is 0 Å². The monoisotopic (exact) mass is 334 g/mol. The molecule has 1 aliphatic rings. The van der Waals surface area contributed by atoms with Crippen molar-refractivity contribution in [2.75, 3.05) is 34.0 Å². The van der Waals surface area contributed by atoms with Gasteiger partial charge in [0.1, 0.15) is 19.3 Å². The van der Waals surface area contributed by atoms with Gasteiger partial charge in [0, 0.05) is 5.57 Å². The van der Waals surface area contributed by atoms with Gasteiger partial charge in [-0.3, -0.25) is 0 Å². The Morgan fingerprint density at radius 1 is 1.33 bits per heavy atom. The number of hydrogen-bond acceptors (Lipinski definition) is 6. The summed E-state index contributed by atoms with van der Waals surface area (Å²) in [6, 6.07) is 3.64. The van der Waals surface area contributed by atoms with E-state index >= 15 is 0 Å². The molecule has 2 rings (SSSR count). The fourth-order valence-electron chi connectivity index (χ4n) is 1.91. The molecule has 1 aromatic carbocycles. The summed E-state index contributed by atoms with van der Waals surface area (Å²) in [7, 11) is 3.13. The van der Waals surface area contributed by atoms with Crippen LogP contribution in [0.25, 0.3) is 6.08 Å². The van der Waals surface area contributed by atoms with Crippen molar-refractivity contribution in [3.8, 4) is 17.2 Å². The molecule has 130 valence electrons. The zero-order valence-electron chi connectivity index (χ0n) is 14.2. The second kappa shape index (κ2) is 8.40. The topological polar surface area (TPSA) is 66.5 Å². The number of ether oxygens (including phenoxy) is 5. The molecule has 1 atom stereocenters. The van der Waals surface area contributed by atoms with Crippen LogP contribution in [-0.4, -0.2) is 46.1 Å². The van der Waals surface area contributed by atoms with Gasteiger partial charge < -0.3 is 23.7 Å². The number of carbonyl (C=O) groups is 1. The van der Waals surface area contributed by atoms with Crippen molar-refractivity contribution in [3.63, 3.8) is 0 Å². The molecule has 0 bridgehead atoms. The predicted molar refractivity (Wildman–Crippen MR) is 89.6 cm³/mol. The maximum Gasteiger partial charge on any atom is 0.333 e. The Labute approximate surface area is 141 Å². The van der Waals surface area contributed by atoms with Crippen molar-refractivity contribution in [1.29, 1.82) is 0 Å². The third-order valence-corrected chi connectivity index (χ3v) is 3.27. The molecule has 0 aliphatic carbocycles. The van der Waals surface area contributed by atoms with E-state index in [9.17, 15) is 4.79 Å². The minimum absolute atomic E-state index is 0.141. The third-order valence-electron chi connectivity index (χ3n) is 3.27. The van der Waals surface area contributed by atoms with E-state index < -0.39 is 5.97 Å². The second-order valence-electron chi connectivity index (χ2n) is 5.30. The van der Waals surface area contributed by atoms with Crippen LogP contribution in [-0.2, 0) is 14.3 Å². The molecule has 0 aromatic heterocycles. The average molecular weight is 334 g/mol. The lowest BCUT2D eigenvalue weighted by molar-refractivity contribution is -0.137. The van der Waals surface area contributed by atoms with E-state index in [0.717, 1.165) is 5.56 Å². The first kappa shape index (κ1) is 17.9. The van der Waals surface area contributed by atoms with Gasteiger partial charge in [-0.2, -0.15) is 0 Å². The van der Waals surface area contributed by atoms with Crippen LogP contribution in [0.2, 0.25) is 0 Å². The van der Waals surface area contributed by atoms with Crippen LogP contribution >= 0.6 is 0 Å². The summed E-state index contributed by atoms with van der Waals surface area (Å²) in [4.78, 5) is 11.3. The van der Waals surface area contributed by atoms with Gasteiger partial charge >= 0.3 is 5.97 Å². The van der Waals surface area contributed by atoms with Gasteiger partial charge in [-0.05, 0) is 30.7 Å². The molecule has 1 fully saturated rings. The van der Waals surface area contributed by atoms with Gasteiger partial charge in [0.2, 0.25) is 5.75 Å². The molecule has 1 aliphatic heterocycles. The molecule has 1 unspecified atom stereocenters. The Kier molecular flexibility index (Phi) is 6.26. The molecular formula is C18H22O6. The average Bonchev–Trinajstić information content (AvgIpc) is 3.40. The summed E-state index contributed by atoms with van der Waals surface area (Å²) >= 11 is 0. The fourth-order valence-corrected chi connectivity index (χ4v) is 1.91. The van der Waals surface area contributed by atoms with E-state index in [0.29, 0.717) is 36.0 Å². The first-order valence-corrected chi connectivity index (χ1v) is 7.54. The van der Waals surface area contributed by atoms with Crippen LogP contribution in [0.1, 0.15) is 12.5 Å². The van der Waals surface area contributed by atoms with E-state index in [1.807, 2.05) is 18.2 Å². The van der Waals surface area contributed by atoms with Gasteiger partial charge in [0.25, 0.3) is 0 Å². The molecule has 1 heterocycles. The number of rotatable bonds is 9. The van der Waals surface area contributed by atoms with Crippen molar-refractivity contribution >= 4 is 12.0 Å². The van der Waals surface area contributed by atoms with E-state index in [1.165, 1.54) is 0 Å². The summed E-state index contributed by atoms with van der Waals surface area (Å²) in [5, 5.41) is 0. The SMILES string of the molecule is C=C(C)C(=O)OC/C=C/c1cc(OC)c(OCC2CO2)c(OC)c1. The predicted octanol–water partition coefficient (Wildman–Crippen LogP) is 2.61. The first-order chi connectivity index (χ1) is 11.5. The second-order valence-corrected chi connectivity index (χ2v) is 5.30. The zero-order valence-corrected chi connectivity index (χ0v) is 14.2.